The number of hydrogen-bond acceptors (Lipinski definition) is 8. The summed E-state index contributed by atoms with van der Waals surface area (Å²) in [5.41, 5.74) is 2.45. The minimum Gasteiger partial charge on any atom is -0.492 e. The highest BCUT2D eigenvalue weighted by Crippen LogP contribution is 2.36. The van der Waals surface area contributed by atoms with Gasteiger partial charge in [-0.15, -0.1) is 0 Å². The van der Waals surface area contributed by atoms with Crippen LogP contribution in [0.15, 0.2) is 30.9 Å². The number of rotatable bonds is 6. The number of piperazine rings is 1. The zero-order valence-corrected chi connectivity index (χ0v) is 19.3. The molecule has 0 saturated carbocycles. The first-order chi connectivity index (χ1) is 16.5. The molecule has 3 heterocycles. The lowest BCUT2D eigenvalue weighted by Crippen LogP contribution is -2.55. The van der Waals surface area contributed by atoms with Gasteiger partial charge in [-0.3, -0.25) is 4.79 Å². The number of fused-ring (bicyclic) bond motifs is 1. The zero-order chi connectivity index (χ0) is 24.2. The van der Waals surface area contributed by atoms with Gasteiger partial charge in [-0.2, -0.15) is 15.2 Å². The number of carbonyl (C=O) groups is 1. The van der Waals surface area contributed by atoms with Crippen molar-refractivity contribution >= 4 is 17.4 Å². The first-order valence-corrected chi connectivity index (χ1v) is 11.1. The molecular formula is C24H27FN6O3. The molecule has 178 valence electrons. The summed E-state index contributed by atoms with van der Waals surface area (Å²) in [6.45, 7) is 6.15. The topological polar surface area (TPSA) is 94.8 Å². The van der Waals surface area contributed by atoms with E-state index in [1.165, 1.54) is 26.4 Å². The van der Waals surface area contributed by atoms with Gasteiger partial charge in [0.1, 0.15) is 5.82 Å². The van der Waals surface area contributed by atoms with Crippen LogP contribution < -0.4 is 19.3 Å². The molecule has 2 aromatic rings. The Labute approximate surface area is 198 Å². The van der Waals surface area contributed by atoms with Crippen LogP contribution in [0.3, 0.4) is 0 Å². The van der Waals surface area contributed by atoms with Gasteiger partial charge < -0.3 is 24.2 Å². The summed E-state index contributed by atoms with van der Waals surface area (Å²) in [5, 5.41) is 9.30. The molecule has 1 amide bonds. The van der Waals surface area contributed by atoms with Crippen LogP contribution in [0, 0.1) is 17.1 Å². The van der Waals surface area contributed by atoms with Crippen LogP contribution in [-0.4, -0.2) is 67.2 Å². The molecule has 2 aliphatic heterocycles. The Balaban J connectivity index is 1.65. The second kappa shape index (κ2) is 9.95. The van der Waals surface area contributed by atoms with E-state index in [0.717, 1.165) is 17.1 Å². The van der Waals surface area contributed by atoms with Gasteiger partial charge in [0.05, 0.1) is 50.7 Å². The average molecular weight is 467 g/mol. The van der Waals surface area contributed by atoms with Crippen molar-refractivity contribution < 1.29 is 18.7 Å². The molecule has 34 heavy (non-hydrogen) atoms. The lowest BCUT2D eigenvalue weighted by Gasteiger charge is -2.42. The fraction of sp³-hybridized carbons (Fsp3) is 0.417. The van der Waals surface area contributed by atoms with Gasteiger partial charge in [-0.1, -0.05) is 12.6 Å². The van der Waals surface area contributed by atoms with Gasteiger partial charge in [0.2, 0.25) is 5.91 Å². The van der Waals surface area contributed by atoms with Crippen LogP contribution in [0.4, 0.5) is 15.9 Å². The van der Waals surface area contributed by atoms with Crippen molar-refractivity contribution in [2.45, 2.75) is 25.4 Å². The Morgan fingerprint density at radius 1 is 1.26 bits per heavy atom. The Morgan fingerprint density at radius 2 is 2.09 bits per heavy atom. The number of methoxy groups -OCH3 is 2. The third-order valence-corrected chi connectivity index (χ3v) is 6.26. The van der Waals surface area contributed by atoms with Crippen molar-refractivity contribution in [3.05, 3.63) is 47.9 Å². The van der Waals surface area contributed by atoms with Crippen LogP contribution in [-0.2, 0) is 17.8 Å². The molecule has 9 nitrogen and oxygen atoms in total. The Hall–Kier alpha value is -3.87. The Bertz CT molecular complexity index is 1130. The van der Waals surface area contributed by atoms with Gasteiger partial charge in [0.25, 0.3) is 0 Å². The number of ether oxygens (including phenoxy) is 2. The molecule has 0 radical (unpaired) electrons. The summed E-state index contributed by atoms with van der Waals surface area (Å²) in [6, 6.07) is 7.02. The number of halogens is 1. The average Bonchev–Trinajstić information content (AvgIpc) is 2.87. The van der Waals surface area contributed by atoms with Crippen molar-refractivity contribution in [1.29, 1.82) is 5.26 Å². The van der Waals surface area contributed by atoms with E-state index < -0.39 is 5.82 Å². The maximum Gasteiger partial charge on any atom is 0.318 e. The van der Waals surface area contributed by atoms with Crippen LogP contribution in [0.2, 0.25) is 0 Å². The van der Waals surface area contributed by atoms with Crippen LogP contribution in [0.5, 0.6) is 11.8 Å². The number of hydrogen-bond donors (Lipinski definition) is 0. The van der Waals surface area contributed by atoms with Crippen molar-refractivity contribution in [3.8, 4) is 17.8 Å². The number of benzene rings is 1. The highest BCUT2D eigenvalue weighted by molar-refractivity contribution is 5.87. The molecule has 2 aliphatic rings. The summed E-state index contributed by atoms with van der Waals surface area (Å²) >= 11 is 0. The van der Waals surface area contributed by atoms with Crippen molar-refractivity contribution in [2.75, 3.05) is 50.2 Å². The number of nitriles is 1. The molecule has 1 aromatic heterocycles. The fourth-order valence-corrected chi connectivity index (χ4v) is 4.63. The van der Waals surface area contributed by atoms with E-state index in [1.807, 2.05) is 11.0 Å². The predicted molar refractivity (Wildman–Crippen MR) is 124 cm³/mol. The third kappa shape index (κ3) is 4.33. The van der Waals surface area contributed by atoms with Crippen LogP contribution in [0.1, 0.15) is 17.7 Å². The lowest BCUT2D eigenvalue weighted by molar-refractivity contribution is -0.128. The smallest absolute Gasteiger partial charge is 0.318 e. The quantitative estimate of drug-likeness (QED) is 0.599. The maximum atomic E-state index is 14.3. The van der Waals surface area contributed by atoms with Crippen molar-refractivity contribution in [1.82, 2.24) is 14.9 Å². The molecule has 0 spiro atoms. The van der Waals surface area contributed by atoms with E-state index in [9.17, 15) is 14.4 Å². The molecule has 1 aromatic carbocycles. The maximum absolute atomic E-state index is 14.3. The summed E-state index contributed by atoms with van der Waals surface area (Å²) in [6.07, 6.45) is 2.14. The van der Waals surface area contributed by atoms with E-state index >= 15 is 0 Å². The first-order valence-electron chi connectivity index (χ1n) is 11.1. The molecule has 10 heteroatoms. The monoisotopic (exact) mass is 466 g/mol. The lowest BCUT2D eigenvalue weighted by atomic mass is 10.0. The number of amides is 1. The minimum atomic E-state index is -0.415. The molecule has 0 bridgehead atoms. The highest BCUT2D eigenvalue weighted by atomic mass is 19.1. The Morgan fingerprint density at radius 3 is 2.79 bits per heavy atom. The van der Waals surface area contributed by atoms with Gasteiger partial charge in [0.15, 0.2) is 11.6 Å². The van der Waals surface area contributed by atoms with E-state index in [1.54, 1.807) is 11.0 Å². The Kier molecular flexibility index (Phi) is 6.82. The summed E-state index contributed by atoms with van der Waals surface area (Å²) in [5.74, 6) is 0.361. The normalized spacial score (nSPS) is 17.6. The molecule has 1 fully saturated rings. The summed E-state index contributed by atoms with van der Waals surface area (Å²) in [7, 11) is 2.97. The number of anilines is 2. The van der Waals surface area contributed by atoms with E-state index in [-0.39, 0.29) is 30.1 Å². The summed E-state index contributed by atoms with van der Waals surface area (Å²) < 4.78 is 25.0. The highest BCUT2D eigenvalue weighted by Gasteiger charge is 2.33. The summed E-state index contributed by atoms with van der Waals surface area (Å²) in [4.78, 5) is 27.3. The van der Waals surface area contributed by atoms with Gasteiger partial charge in [0, 0.05) is 31.7 Å². The minimum absolute atomic E-state index is 0.179. The fourth-order valence-electron chi connectivity index (χ4n) is 4.63. The van der Waals surface area contributed by atoms with Gasteiger partial charge >= 0.3 is 6.01 Å². The molecule has 1 unspecified atom stereocenters. The van der Waals surface area contributed by atoms with E-state index in [2.05, 4.69) is 27.5 Å². The number of carbonyl (C=O) groups excluding carboxylic acids is 1. The zero-order valence-electron chi connectivity index (χ0n) is 19.3. The SMILES string of the molecule is C=CC(=O)N1CCN(c2nc(OC)nc3c2CCN(c2cccc(F)c2OC)C3)CC1CC#N. The predicted octanol–water partition coefficient (Wildman–Crippen LogP) is 2.31. The van der Waals surface area contributed by atoms with E-state index in [0.29, 0.717) is 44.8 Å². The van der Waals surface area contributed by atoms with Crippen LogP contribution >= 0.6 is 0 Å². The van der Waals surface area contributed by atoms with Gasteiger partial charge in [-0.25, -0.2) is 4.39 Å². The molecule has 0 aliphatic carbocycles. The number of aromatic nitrogens is 2. The first kappa shape index (κ1) is 23.3. The van der Waals surface area contributed by atoms with Crippen LogP contribution in [0.25, 0.3) is 0 Å². The van der Waals surface area contributed by atoms with Crippen molar-refractivity contribution in [3.63, 3.8) is 0 Å². The number of nitrogens with zero attached hydrogens (tertiary/aromatic N) is 6. The largest absolute Gasteiger partial charge is 0.492 e. The second-order valence-corrected chi connectivity index (χ2v) is 8.12. The standard InChI is InChI=1S/C24H27FN6O3/c1-4-21(32)31-13-12-30(14-16(31)8-10-26)23-17-9-11-29(15-19(17)27-24(28-23)34-3)20-7-5-6-18(25)22(20)33-2/h4-7,16H,1,8-9,11-15H2,2-3H3. The third-order valence-electron chi connectivity index (χ3n) is 6.26. The van der Waals surface area contributed by atoms with Gasteiger partial charge in [-0.05, 0) is 24.6 Å². The number of para-hydroxylation sites is 1. The molecule has 1 saturated heterocycles. The molecular weight excluding hydrogens is 439 g/mol. The molecule has 0 N–H and O–H groups in total. The second-order valence-electron chi connectivity index (χ2n) is 8.12. The van der Waals surface area contributed by atoms with E-state index in [4.69, 9.17) is 9.47 Å². The molecule has 1 atom stereocenters. The van der Waals surface area contributed by atoms with Crippen molar-refractivity contribution in [2.24, 2.45) is 0 Å². The molecule has 4 rings (SSSR count).